The van der Waals surface area contributed by atoms with Gasteiger partial charge in [-0.2, -0.15) is 0 Å². The monoisotopic (exact) mass is 338 g/mol. The molecule has 0 aliphatic heterocycles. The SMILES string of the molecule is COc1cccc(OC)c1-c1[nH]c2ccc(C)cc2c1CCCCN. The highest BCUT2D eigenvalue weighted by Gasteiger charge is 2.20. The van der Waals surface area contributed by atoms with E-state index in [9.17, 15) is 0 Å². The maximum absolute atomic E-state index is 5.70. The highest BCUT2D eigenvalue weighted by atomic mass is 16.5. The third kappa shape index (κ3) is 3.35. The van der Waals surface area contributed by atoms with Crippen LogP contribution in [0.5, 0.6) is 11.5 Å². The first-order valence-corrected chi connectivity index (χ1v) is 8.72. The summed E-state index contributed by atoms with van der Waals surface area (Å²) in [4.78, 5) is 3.59. The van der Waals surface area contributed by atoms with Crippen molar-refractivity contribution >= 4 is 10.9 Å². The van der Waals surface area contributed by atoms with Gasteiger partial charge in [-0.15, -0.1) is 0 Å². The second-order valence-electron chi connectivity index (χ2n) is 6.31. The summed E-state index contributed by atoms with van der Waals surface area (Å²) in [5.41, 5.74) is 11.4. The number of ether oxygens (including phenoxy) is 2. The Morgan fingerprint density at radius 3 is 2.36 bits per heavy atom. The topological polar surface area (TPSA) is 60.3 Å². The molecule has 132 valence electrons. The average molecular weight is 338 g/mol. The van der Waals surface area contributed by atoms with Gasteiger partial charge in [0.05, 0.1) is 25.5 Å². The molecule has 0 radical (unpaired) electrons. The molecule has 1 heterocycles. The van der Waals surface area contributed by atoms with Crippen molar-refractivity contribution in [2.24, 2.45) is 5.73 Å². The average Bonchev–Trinajstić information content (AvgIpc) is 2.98. The van der Waals surface area contributed by atoms with Crippen LogP contribution in [0.1, 0.15) is 24.0 Å². The smallest absolute Gasteiger partial charge is 0.131 e. The number of aromatic nitrogens is 1. The number of hydrogen-bond acceptors (Lipinski definition) is 3. The molecule has 3 N–H and O–H groups in total. The van der Waals surface area contributed by atoms with Crippen molar-refractivity contribution < 1.29 is 9.47 Å². The van der Waals surface area contributed by atoms with E-state index in [1.54, 1.807) is 14.2 Å². The zero-order chi connectivity index (χ0) is 17.8. The molecule has 0 aliphatic rings. The van der Waals surface area contributed by atoms with Crippen molar-refractivity contribution in [2.45, 2.75) is 26.2 Å². The molecule has 0 fully saturated rings. The van der Waals surface area contributed by atoms with Crippen LogP contribution in [-0.4, -0.2) is 25.7 Å². The molecule has 3 rings (SSSR count). The number of nitrogens with one attached hydrogen (secondary N) is 1. The van der Waals surface area contributed by atoms with Crippen molar-refractivity contribution in [1.82, 2.24) is 4.98 Å². The highest BCUT2D eigenvalue weighted by Crippen LogP contribution is 2.42. The van der Waals surface area contributed by atoms with Gasteiger partial charge >= 0.3 is 0 Å². The molecule has 0 aliphatic carbocycles. The van der Waals surface area contributed by atoms with Crippen LogP contribution in [0.4, 0.5) is 0 Å². The maximum atomic E-state index is 5.70. The molecule has 4 nitrogen and oxygen atoms in total. The van der Waals surface area contributed by atoms with Gasteiger partial charge in [0, 0.05) is 10.9 Å². The Hall–Kier alpha value is -2.46. The molecule has 0 bridgehead atoms. The van der Waals surface area contributed by atoms with Gasteiger partial charge in [-0.3, -0.25) is 0 Å². The van der Waals surface area contributed by atoms with Gasteiger partial charge in [-0.1, -0.05) is 17.7 Å². The molecule has 0 saturated carbocycles. The predicted molar refractivity (Wildman–Crippen MR) is 104 cm³/mol. The summed E-state index contributed by atoms with van der Waals surface area (Å²) in [5.74, 6) is 1.62. The summed E-state index contributed by atoms with van der Waals surface area (Å²) in [6, 6.07) is 12.4. The Morgan fingerprint density at radius 2 is 1.72 bits per heavy atom. The van der Waals surface area contributed by atoms with Gasteiger partial charge in [-0.05, 0) is 62.6 Å². The van der Waals surface area contributed by atoms with Gasteiger partial charge in [-0.25, -0.2) is 0 Å². The maximum Gasteiger partial charge on any atom is 0.131 e. The summed E-state index contributed by atoms with van der Waals surface area (Å²) in [6.45, 7) is 2.84. The lowest BCUT2D eigenvalue weighted by atomic mass is 9.98. The number of unbranched alkanes of at least 4 members (excludes halogenated alkanes) is 1. The van der Waals surface area contributed by atoms with E-state index in [0.29, 0.717) is 6.54 Å². The second kappa shape index (κ2) is 7.62. The van der Waals surface area contributed by atoms with Gasteiger partial charge < -0.3 is 20.2 Å². The molecule has 3 aromatic rings. The van der Waals surface area contributed by atoms with Gasteiger partial charge in [0.25, 0.3) is 0 Å². The number of H-pyrrole nitrogens is 1. The number of aromatic amines is 1. The molecule has 0 atom stereocenters. The first-order valence-electron chi connectivity index (χ1n) is 8.72. The Kier molecular flexibility index (Phi) is 5.29. The lowest BCUT2D eigenvalue weighted by molar-refractivity contribution is 0.397. The minimum Gasteiger partial charge on any atom is -0.496 e. The minimum absolute atomic E-state index is 0.717. The van der Waals surface area contributed by atoms with Gasteiger partial charge in [0.15, 0.2) is 0 Å². The summed E-state index contributed by atoms with van der Waals surface area (Å²) in [6.07, 6.45) is 3.04. The van der Waals surface area contributed by atoms with Crippen LogP contribution >= 0.6 is 0 Å². The fourth-order valence-corrected chi connectivity index (χ4v) is 3.38. The van der Waals surface area contributed by atoms with Crippen LogP contribution in [0.25, 0.3) is 22.2 Å². The van der Waals surface area contributed by atoms with Crippen molar-refractivity contribution in [3.63, 3.8) is 0 Å². The summed E-state index contributed by atoms with van der Waals surface area (Å²) >= 11 is 0. The van der Waals surface area contributed by atoms with Crippen molar-refractivity contribution in [3.8, 4) is 22.8 Å². The van der Waals surface area contributed by atoms with E-state index in [-0.39, 0.29) is 0 Å². The molecular formula is C21H26N2O2. The zero-order valence-electron chi connectivity index (χ0n) is 15.2. The number of benzene rings is 2. The van der Waals surface area contributed by atoms with Crippen LogP contribution < -0.4 is 15.2 Å². The molecule has 4 heteroatoms. The fourth-order valence-electron chi connectivity index (χ4n) is 3.38. The van der Waals surface area contributed by atoms with Crippen LogP contribution in [0.15, 0.2) is 36.4 Å². The van der Waals surface area contributed by atoms with E-state index < -0.39 is 0 Å². The molecule has 25 heavy (non-hydrogen) atoms. The quantitative estimate of drug-likeness (QED) is 0.626. The van der Waals surface area contributed by atoms with E-state index in [1.165, 1.54) is 16.5 Å². The number of fused-ring (bicyclic) bond motifs is 1. The Balaban J connectivity index is 2.23. The van der Waals surface area contributed by atoms with Gasteiger partial charge in [0.1, 0.15) is 11.5 Å². The third-order valence-corrected chi connectivity index (χ3v) is 4.62. The lowest BCUT2D eigenvalue weighted by Crippen LogP contribution is -2.00. The summed E-state index contributed by atoms with van der Waals surface area (Å²) < 4.78 is 11.2. The summed E-state index contributed by atoms with van der Waals surface area (Å²) in [5, 5.41) is 1.26. The molecule has 0 spiro atoms. The summed E-state index contributed by atoms with van der Waals surface area (Å²) in [7, 11) is 3.39. The number of methoxy groups -OCH3 is 2. The first-order chi connectivity index (χ1) is 12.2. The fraction of sp³-hybridized carbons (Fsp3) is 0.333. The molecule has 1 aromatic heterocycles. The molecule has 0 unspecified atom stereocenters. The third-order valence-electron chi connectivity index (χ3n) is 4.62. The van der Waals surface area contributed by atoms with E-state index >= 15 is 0 Å². The largest absolute Gasteiger partial charge is 0.496 e. The standard InChI is InChI=1S/C21H26N2O2/c1-14-10-11-17-16(13-14)15(7-4-5-12-22)21(23-17)20-18(24-2)8-6-9-19(20)25-3/h6,8-11,13,23H,4-5,7,12,22H2,1-3H3. The van der Waals surface area contributed by atoms with Crippen LogP contribution in [0.2, 0.25) is 0 Å². The van der Waals surface area contributed by atoms with Crippen molar-refractivity contribution in [3.05, 3.63) is 47.5 Å². The number of rotatable bonds is 7. The second-order valence-corrected chi connectivity index (χ2v) is 6.31. The van der Waals surface area contributed by atoms with Crippen LogP contribution in [0, 0.1) is 6.92 Å². The Labute approximate surface area is 149 Å². The van der Waals surface area contributed by atoms with Crippen LogP contribution in [0.3, 0.4) is 0 Å². The normalized spacial score (nSPS) is 11.0. The zero-order valence-corrected chi connectivity index (χ0v) is 15.2. The molecule has 0 saturated heterocycles. The molecule has 2 aromatic carbocycles. The number of hydrogen-bond donors (Lipinski definition) is 2. The van der Waals surface area contributed by atoms with Crippen molar-refractivity contribution in [2.75, 3.05) is 20.8 Å². The van der Waals surface area contributed by atoms with Gasteiger partial charge in [0.2, 0.25) is 0 Å². The van der Waals surface area contributed by atoms with Crippen LogP contribution in [-0.2, 0) is 6.42 Å². The highest BCUT2D eigenvalue weighted by molar-refractivity contribution is 5.93. The number of aryl methyl sites for hydroxylation is 2. The van der Waals surface area contributed by atoms with E-state index in [1.807, 2.05) is 18.2 Å². The Morgan fingerprint density at radius 1 is 1.00 bits per heavy atom. The number of nitrogens with two attached hydrogens (primary N) is 1. The first kappa shape index (κ1) is 17.4. The van der Waals surface area contributed by atoms with E-state index in [0.717, 1.165) is 47.5 Å². The van der Waals surface area contributed by atoms with E-state index in [4.69, 9.17) is 15.2 Å². The predicted octanol–water partition coefficient (Wildman–Crippen LogP) is 4.44. The van der Waals surface area contributed by atoms with E-state index in [2.05, 4.69) is 30.1 Å². The lowest BCUT2D eigenvalue weighted by Gasteiger charge is -2.14. The van der Waals surface area contributed by atoms with Crippen molar-refractivity contribution in [1.29, 1.82) is 0 Å². The molecular weight excluding hydrogens is 312 g/mol. The molecule has 0 amide bonds. The minimum atomic E-state index is 0.717. The Bertz CT molecular complexity index is 845.